The molecule has 0 saturated carbocycles. The van der Waals surface area contributed by atoms with Gasteiger partial charge in [0.1, 0.15) is 13.6 Å². The second kappa shape index (κ2) is 14.9. The average molecular weight is 472 g/mol. The van der Waals surface area contributed by atoms with Crippen LogP contribution in [0.2, 0.25) is 0 Å². The molecule has 2 rings (SSSR count). The lowest BCUT2D eigenvalue weighted by Gasteiger charge is -2.26. The van der Waals surface area contributed by atoms with E-state index in [0.29, 0.717) is 0 Å². The molecule has 1 aliphatic rings. The largest absolute Gasteiger partial charge is 0.374 e. The van der Waals surface area contributed by atoms with E-state index < -0.39 is 0 Å². The number of anilines is 1. The van der Waals surface area contributed by atoms with Crippen LogP contribution in [0.25, 0.3) is 0 Å². The van der Waals surface area contributed by atoms with Crippen LogP contribution >= 0.6 is 0 Å². The molecule has 0 radical (unpaired) electrons. The summed E-state index contributed by atoms with van der Waals surface area (Å²) in [5.41, 5.74) is 4.47. The van der Waals surface area contributed by atoms with E-state index in [-0.39, 0.29) is 22.3 Å². The fraction of sp³-hybridized carbons (Fsp3) is 0.483. The van der Waals surface area contributed by atoms with Crippen LogP contribution in [0.3, 0.4) is 0 Å². The molecule has 0 spiro atoms. The predicted octanol–water partition coefficient (Wildman–Crippen LogP) is 4.95. The van der Waals surface area contributed by atoms with Gasteiger partial charge in [-0.05, 0) is 36.4 Å². The van der Waals surface area contributed by atoms with Gasteiger partial charge >= 0.3 is 0 Å². The van der Waals surface area contributed by atoms with E-state index in [1.54, 1.807) is 0 Å². The van der Waals surface area contributed by atoms with Crippen LogP contribution < -0.4 is 4.90 Å². The average Bonchev–Trinajstić information content (AvgIpc) is 2.67. The van der Waals surface area contributed by atoms with Crippen molar-refractivity contribution in [1.82, 2.24) is 0 Å². The Morgan fingerprint density at radius 2 is 1.26 bits per heavy atom. The molecular formula is C29H53N5. The van der Waals surface area contributed by atoms with Gasteiger partial charge in [0.25, 0.3) is 0 Å². The van der Waals surface area contributed by atoms with E-state index in [4.69, 9.17) is 4.99 Å². The van der Waals surface area contributed by atoms with Crippen molar-refractivity contribution in [3.63, 3.8) is 0 Å². The molecule has 0 aromatic heterocycles. The molecule has 194 valence electrons. The summed E-state index contributed by atoms with van der Waals surface area (Å²) in [6, 6.07) is 8.55. The minimum absolute atomic E-state index is 0. The third kappa shape index (κ3) is 12.9. The molecule has 1 aliphatic carbocycles. The van der Waals surface area contributed by atoms with Crippen molar-refractivity contribution in [3.8, 4) is 0 Å². The molecule has 0 amide bonds. The Labute approximate surface area is 212 Å². The van der Waals surface area contributed by atoms with Gasteiger partial charge in [0.15, 0.2) is 5.71 Å². The van der Waals surface area contributed by atoms with Gasteiger partial charge in [-0.15, -0.1) is 0 Å². The first-order valence-corrected chi connectivity index (χ1v) is 11.4. The smallest absolute Gasteiger partial charge is 0.199 e. The summed E-state index contributed by atoms with van der Waals surface area (Å²) in [7, 11) is 17.8. The number of allylic oxidation sites excluding steroid dienone is 4. The molecule has 1 aromatic rings. The van der Waals surface area contributed by atoms with Crippen molar-refractivity contribution < 1.29 is 13.5 Å². The van der Waals surface area contributed by atoms with E-state index in [9.17, 15) is 0 Å². The van der Waals surface area contributed by atoms with Crippen LogP contribution in [-0.2, 0) is 0 Å². The number of quaternary nitrogens is 2. The van der Waals surface area contributed by atoms with Gasteiger partial charge in [0.2, 0.25) is 0 Å². The normalized spacial score (nSPS) is 12.9. The summed E-state index contributed by atoms with van der Waals surface area (Å²) in [6.07, 6.45) is 10.9. The molecule has 5 heteroatoms. The Morgan fingerprint density at radius 1 is 0.765 bits per heavy atom. The van der Waals surface area contributed by atoms with Gasteiger partial charge in [-0.2, -0.15) is 0 Å². The van der Waals surface area contributed by atoms with Gasteiger partial charge in [-0.25, -0.2) is 9.57 Å². The zero-order valence-electron chi connectivity index (χ0n) is 24.1. The first-order valence-electron chi connectivity index (χ1n) is 11.4. The van der Waals surface area contributed by atoms with E-state index in [1.165, 1.54) is 37.3 Å². The highest BCUT2D eigenvalue weighted by Gasteiger charge is 2.12. The lowest BCUT2D eigenvalue weighted by Crippen LogP contribution is -2.37. The fourth-order valence-electron chi connectivity index (χ4n) is 3.54. The number of hydrogen-bond donors (Lipinski definition) is 0. The fourth-order valence-corrected chi connectivity index (χ4v) is 3.54. The number of aliphatic imine (C=N–C) groups is 1. The Bertz CT molecular complexity index is 813. The summed E-state index contributed by atoms with van der Waals surface area (Å²) in [5, 5.41) is 0. The van der Waals surface area contributed by atoms with Crippen molar-refractivity contribution in [2.24, 2.45) is 4.99 Å². The molecule has 0 bridgehead atoms. The van der Waals surface area contributed by atoms with Crippen LogP contribution in [0.15, 0.2) is 53.6 Å². The highest BCUT2D eigenvalue weighted by atomic mass is 15.3. The van der Waals surface area contributed by atoms with Crippen molar-refractivity contribution in [3.05, 3.63) is 70.8 Å². The van der Waals surface area contributed by atoms with Crippen LogP contribution in [0.4, 0.5) is 11.4 Å². The minimum atomic E-state index is 0. The highest BCUT2D eigenvalue weighted by molar-refractivity contribution is 6.17. The predicted molar refractivity (Wildman–Crippen MR) is 155 cm³/mol. The maximum absolute atomic E-state index is 4.79. The van der Waals surface area contributed by atoms with E-state index in [0.717, 1.165) is 33.5 Å². The number of nitrogens with zero attached hydrogens (tertiary/aromatic N) is 5. The Hall–Kier alpha value is -2.24. The van der Waals surface area contributed by atoms with Crippen molar-refractivity contribution in [1.29, 1.82) is 0 Å². The lowest BCUT2D eigenvalue weighted by atomic mass is 10.1. The summed E-state index contributed by atoms with van der Waals surface area (Å²) >= 11 is 0. The molecule has 0 N–H and O–H groups in total. The molecule has 34 heavy (non-hydrogen) atoms. The zero-order valence-corrected chi connectivity index (χ0v) is 24.1. The third-order valence-electron chi connectivity index (χ3n) is 5.48. The van der Waals surface area contributed by atoms with Crippen LogP contribution in [0, 0.1) is 22.3 Å². The topological polar surface area (TPSA) is 18.6 Å². The third-order valence-corrected chi connectivity index (χ3v) is 5.48. The van der Waals surface area contributed by atoms with E-state index in [1.807, 2.05) is 0 Å². The lowest BCUT2D eigenvalue weighted by molar-refractivity contribution is -0.871. The Balaban J connectivity index is 0. The van der Waals surface area contributed by atoms with Crippen molar-refractivity contribution in [2.75, 3.05) is 87.5 Å². The second-order valence-corrected chi connectivity index (χ2v) is 10.7. The molecule has 0 fully saturated rings. The monoisotopic (exact) mass is 471 g/mol. The van der Waals surface area contributed by atoms with Crippen LogP contribution in [0.5, 0.6) is 0 Å². The number of hydrogen-bond acceptors (Lipinski definition) is 2. The molecule has 0 unspecified atom stereocenters. The van der Waals surface area contributed by atoms with Crippen LogP contribution in [-0.4, -0.2) is 108 Å². The Kier molecular flexibility index (Phi) is 14.9. The standard InChI is InChI=1S/C26H44N5.3CH3/c1-28(19-9-21-30(3,4)5)25-15-11-23(12-16-25)27-24-13-17-26(18-14-24)29(2)20-10-22-31(6,7)8;;;/h11-18H,9-10,19-22H2,1-8H3;3*1H3/q+3;3*-1. The summed E-state index contributed by atoms with van der Waals surface area (Å²) in [4.78, 5) is 7.11. The minimum Gasteiger partial charge on any atom is -0.374 e. The van der Waals surface area contributed by atoms with Gasteiger partial charge < -0.3 is 36.1 Å². The maximum Gasteiger partial charge on any atom is 0.199 e. The molecule has 1 aromatic carbocycles. The van der Waals surface area contributed by atoms with Crippen molar-refractivity contribution in [2.45, 2.75) is 12.8 Å². The molecule has 0 aliphatic heterocycles. The maximum atomic E-state index is 4.79. The summed E-state index contributed by atoms with van der Waals surface area (Å²) in [5.74, 6) is 0. The molecule has 5 nitrogen and oxygen atoms in total. The van der Waals surface area contributed by atoms with Gasteiger partial charge in [-0.1, -0.05) is 0 Å². The summed E-state index contributed by atoms with van der Waals surface area (Å²) in [6.45, 7) is 4.49. The highest BCUT2D eigenvalue weighted by Crippen LogP contribution is 2.20. The Morgan fingerprint density at radius 3 is 1.76 bits per heavy atom. The SMILES string of the molecule is CN(CCC[N+](C)(C)C)c1ccc(N=C2C=CC(=[N+](C)CCC[N+](C)(C)C)C=C2)cc1.[CH3-].[CH3-].[CH3-]. The van der Waals surface area contributed by atoms with Gasteiger partial charge in [0.05, 0.1) is 73.2 Å². The second-order valence-electron chi connectivity index (χ2n) is 10.7. The van der Waals surface area contributed by atoms with Gasteiger partial charge in [0, 0.05) is 37.9 Å². The first-order chi connectivity index (χ1) is 14.4. The summed E-state index contributed by atoms with van der Waals surface area (Å²) < 4.78 is 4.34. The molecular weight excluding hydrogens is 418 g/mol. The van der Waals surface area contributed by atoms with E-state index in [2.05, 4.69) is 114 Å². The number of benzene rings is 1. The zero-order chi connectivity index (χ0) is 23.1. The first kappa shape index (κ1) is 33.9. The molecule has 0 heterocycles. The number of rotatable bonds is 10. The van der Waals surface area contributed by atoms with E-state index >= 15 is 0 Å². The van der Waals surface area contributed by atoms with Crippen molar-refractivity contribution >= 4 is 22.8 Å². The van der Waals surface area contributed by atoms with Gasteiger partial charge in [-0.3, -0.25) is 0 Å². The quantitative estimate of drug-likeness (QED) is 0.204. The van der Waals surface area contributed by atoms with Crippen LogP contribution in [0.1, 0.15) is 12.8 Å². The molecule has 0 atom stereocenters. The molecule has 0 saturated heterocycles.